The second-order valence-electron chi connectivity index (χ2n) is 2.33. The van der Waals surface area contributed by atoms with Crippen molar-refractivity contribution in [3.05, 3.63) is 48.7 Å². The minimum atomic E-state index is 0.700. The average Bonchev–Trinajstić information content (AvgIpc) is 2.46. The summed E-state index contributed by atoms with van der Waals surface area (Å²) in [6.45, 7) is 3.51. The van der Waals surface area contributed by atoms with Gasteiger partial charge in [-0.25, -0.2) is 0 Å². The molecule has 0 aliphatic heterocycles. The summed E-state index contributed by atoms with van der Waals surface area (Å²) in [4.78, 5) is 0. The number of benzene rings is 1. The van der Waals surface area contributed by atoms with Crippen LogP contribution in [0.25, 0.3) is 11.0 Å². The van der Waals surface area contributed by atoms with E-state index in [4.69, 9.17) is 4.42 Å². The lowest BCUT2D eigenvalue weighted by atomic mass is 10.2. The highest BCUT2D eigenvalue weighted by atomic mass is 16.3. The first kappa shape index (κ1) is 6.23. The van der Waals surface area contributed by atoms with Crippen LogP contribution < -0.4 is 0 Å². The minimum absolute atomic E-state index is 0.700. The Bertz CT molecular complexity index is 351. The molecule has 2 aromatic rings. The Hall–Kier alpha value is -1.50. The number of rotatable bonds is 1. The fraction of sp³-hybridized carbons (Fsp3) is 0. The summed E-state index contributed by atoms with van der Waals surface area (Å²) in [7, 11) is 0. The van der Waals surface area contributed by atoms with Crippen molar-refractivity contribution in [3.8, 4) is 0 Å². The van der Waals surface area contributed by atoms with Gasteiger partial charge in [-0.2, -0.15) is 0 Å². The lowest BCUT2D eigenvalue weighted by Gasteiger charge is -1.82. The molecular formula is C10H7O. The number of furan rings is 1. The first-order valence-electron chi connectivity index (χ1n) is 3.42. The van der Waals surface area contributed by atoms with E-state index in [-0.39, 0.29) is 0 Å². The van der Waals surface area contributed by atoms with Gasteiger partial charge in [0.15, 0.2) is 0 Å². The fourth-order valence-electron chi connectivity index (χ4n) is 1.07. The van der Waals surface area contributed by atoms with Gasteiger partial charge in [0.1, 0.15) is 11.3 Å². The van der Waals surface area contributed by atoms with Crippen molar-refractivity contribution < 1.29 is 4.42 Å². The molecule has 0 saturated carbocycles. The molecule has 0 bridgehead atoms. The smallest absolute Gasteiger partial charge is 0.135 e. The van der Waals surface area contributed by atoms with Gasteiger partial charge in [-0.05, 0) is 12.1 Å². The zero-order valence-corrected chi connectivity index (χ0v) is 6.00. The molecule has 0 aliphatic rings. The summed E-state index contributed by atoms with van der Waals surface area (Å²) >= 11 is 0. The van der Waals surface area contributed by atoms with E-state index >= 15 is 0 Å². The van der Waals surface area contributed by atoms with E-state index in [2.05, 4.69) is 12.7 Å². The van der Waals surface area contributed by atoms with E-state index in [0.29, 0.717) is 5.76 Å². The summed E-state index contributed by atoms with van der Waals surface area (Å²) in [5.74, 6) is 0.700. The molecule has 1 heterocycles. The van der Waals surface area contributed by atoms with Gasteiger partial charge >= 0.3 is 0 Å². The molecule has 0 fully saturated rings. The van der Waals surface area contributed by atoms with Crippen LogP contribution in [0.3, 0.4) is 0 Å². The van der Waals surface area contributed by atoms with Gasteiger partial charge in [-0.15, -0.1) is 0 Å². The van der Waals surface area contributed by atoms with Gasteiger partial charge in [0.05, 0.1) is 0 Å². The fourth-order valence-corrected chi connectivity index (χ4v) is 1.07. The van der Waals surface area contributed by atoms with Crippen molar-refractivity contribution in [1.82, 2.24) is 0 Å². The van der Waals surface area contributed by atoms with E-state index in [0.717, 1.165) is 11.0 Å². The van der Waals surface area contributed by atoms with Crippen molar-refractivity contribution in [2.24, 2.45) is 0 Å². The van der Waals surface area contributed by atoms with Crippen LogP contribution in [-0.4, -0.2) is 0 Å². The highest BCUT2D eigenvalue weighted by molar-refractivity contribution is 5.77. The Morgan fingerprint density at radius 1 is 1.27 bits per heavy atom. The molecule has 0 N–H and O–H groups in total. The molecule has 0 amide bonds. The summed E-state index contributed by atoms with van der Waals surface area (Å²) in [6, 6.07) is 9.77. The Balaban J connectivity index is 2.78. The molecular weight excluding hydrogens is 136 g/mol. The summed E-state index contributed by atoms with van der Waals surface area (Å²) in [5.41, 5.74) is 0.888. The summed E-state index contributed by atoms with van der Waals surface area (Å²) in [6.07, 6.45) is 2.70. The zero-order chi connectivity index (χ0) is 7.68. The van der Waals surface area contributed by atoms with Crippen molar-refractivity contribution in [3.63, 3.8) is 0 Å². The third kappa shape index (κ3) is 0.944. The lowest BCUT2D eigenvalue weighted by Crippen LogP contribution is -1.57. The molecule has 0 saturated heterocycles. The molecule has 2 rings (SSSR count). The van der Waals surface area contributed by atoms with Gasteiger partial charge in [-0.3, -0.25) is 0 Å². The molecule has 1 aromatic carbocycles. The Morgan fingerprint density at radius 2 is 2.09 bits per heavy atom. The van der Waals surface area contributed by atoms with Gasteiger partial charge in [-0.1, -0.05) is 24.8 Å². The van der Waals surface area contributed by atoms with E-state index in [1.807, 2.05) is 30.3 Å². The topological polar surface area (TPSA) is 13.1 Å². The molecule has 1 radical (unpaired) electrons. The monoisotopic (exact) mass is 143 g/mol. The van der Waals surface area contributed by atoms with Crippen LogP contribution >= 0.6 is 0 Å². The van der Waals surface area contributed by atoms with E-state index in [9.17, 15) is 0 Å². The quantitative estimate of drug-likeness (QED) is 0.598. The Morgan fingerprint density at radius 3 is 2.82 bits per heavy atom. The van der Waals surface area contributed by atoms with Crippen LogP contribution in [0.15, 0.2) is 41.3 Å². The minimum Gasteiger partial charge on any atom is -0.456 e. The number of para-hydroxylation sites is 1. The summed E-state index contributed by atoms with van der Waals surface area (Å²) < 4.78 is 5.34. The number of hydrogen-bond acceptors (Lipinski definition) is 1. The van der Waals surface area contributed by atoms with Crippen molar-refractivity contribution >= 4 is 11.0 Å². The first-order chi connectivity index (χ1) is 5.40. The third-order valence-electron chi connectivity index (χ3n) is 1.60. The second kappa shape index (κ2) is 2.27. The zero-order valence-electron chi connectivity index (χ0n) is 6.00. The molecule has 1 nitrogen and oxygen atoms in total. The maximum absolute atomic E-state index is 5.34. The first-order valence-corrected chi connectivity index (χ1v) is 3.42. The van der Waals surface area contributed by atoms with Gasteiger partial charge in [0, 0.05) is 11.5 Å². The van der Waals surface area contributed by atoms with E-state index < -0.39 is 0 Å². The molecule has 53 valence electrons. The van der Waals surface area contributed by atoms with Crippen LogP contribution in [0.4, 0.5) is 0 Å². The van der Waals surface area contributed by atoms with Crippen molar-refractivity contribution in [2.75, 3.05) is 0 Å². The maximum Gasteiger partial charge on any atom is 0.135 e. The molecule has 0 unspecified atom stereocenters. The molecule has 0 atom stereocenters. The molecule has 0 spiro atoms. The van der Waals surface area contributed by atoms with Gasteiger partial charge in [0.25, 0.3) is 0 Å². The highest BCUT2D eigenvalue weighted by Gasteiger charge is 1.97. The Kier molecular flexibility index (Phi) is 1.29. The predicted molar refractivity (Wildman–Crippen MR) is 44.2 cm³/mol. The average molecular weight is 143 g/mol. The lowest BCUT2D eigenvalue weighted by molar-refractivity contribution is 0.592. The number of fused-ring (bicyclic) bond motifs is 1. The van der Waals surface area contributed by atoms with Crippen LogP contribution in [0, 0.1) is 6.08 Å². The van der Waals surface area contributed by atoms with Crippen LogP contribution in [0.5, 0.6) is 0 Å². The predicted octanol–water partition coefficient (Wildman–Crippen LogP) is 2.77. The third-order valence-corrected chi connectivity index (χ3v) is 1.60. The maximum atomic E-state index is 5.34. The molecule has 1 heteroatoms. The molecule has 0 aliphatic carbocycles. The second-order valence-corrected chi connectivity index (χ2v) is 2.33. The van der Waals surface area contributed by atoms with Gasteiger partial charge in [0.2, 0.25) is 0 Å². The van der Waals surface area contributed by atoms with E-state index in [1.54, 1.807) is 0 Å². The van der Waals surface area contributed by atoms with Crippen molar-refractivity contribution in [1.29, 1.82) is 0 Å². The summed E-state index contributed by atoms with van der Waals surface area (Å²) in [5, 5.41) is 1.10. The number of hydrogen-bond donors (Lipinski definition) is 0. The van der Waals surface area contributed by atoms with E-state index in [1.165, 1.54) is 0 Å². The SMILES string of the molecule is C=[C]c1cc2ccccc2o1. The normalized spacial score (nSPS) is 10.2. The van der Waals surface area contributed by atoms with Gasteiger partial charge < -0.3 is 4.42 Å². The van der Waals surface area contributed by atoms with Crippen LogP contribution in [0.1, 0.15) is 5.76 Å². The Labute approximate surface area is 64.9 Å². The largest absolute Gasteiger partial charge is 0.456 e. The van der Waals surface area contributed by atoms with Crippen molar-refractivity contribution in [2.45, 2.75) is 0 Å². The molecule has 1 aromatic heterocycles. The van der Waals surface area contributed by atoms with Crippen LogP contribution in [0.2, 0.25) is 0 Å². The standard InChI is InChI=1S/C10H7O/c1-2-9-7-8-5-3-4-6-10(8)11-9/h3-7H,1H2. The highest BCUT2D eigenvalue weighted by Crippen LogP contribution is 2.17. The van der Waals surface area contributed by atoms with Crippen LogP contribution in [-0.2, 0) is 0 Å². The molecule has 11 heavy (non-hydrogen) atoms.